The molecule has 1 amide bonds. The zero-order chi connectivity index (χ0) is 13.1. The zero-order valence-electron chi connectivity index (χ0n) is 9.24. The number of carbonyl (C=O) groups excluding carboxylic acids is 1. The number of nitrogens with one attached hydrogen (secondary N) is 1. The van der Waals surface area contributed by atoms with Crippen molar-refractivity contribution in [2.75, 3.05) is 5.73 Å². The van der Waals surface area contributed by atoms with Crippen LogP contribution in [0.15, 0.2) is 37.9 Å². The molecule has 0 saturated heterocycles. The topological polar surface area (TPSA) is 55.1 Å². The molecular weight excluding hydrogens is 380 g/mol. The fourth-order valence-electron chi connectivity index (χ4n) is 1.46. The van der Waals surface area contributed by atoms with E-state index in [2.05, 4.69) is 37.2 Å². The van der Waals surface area contributed by atoms with Crippen LogP contribution in [0.2, 0.25) is 0 Å². The highest BCUT2D eigenvalue weighted by atomic mass is 79.9. The van der Waals surface area contributed by atoms with Gasteiger partial charge < -0.3 is 11.1 Å². The number of carbonyl (C=O) groups is 1. The van der Waals surface area contributed by atoms with Crippen molar-refractivity contribution in [3.8, 4) is 0 Å². The summed E-state index contributed by atoms with van der Waals surface area (Å²) in [4.78, 5) is 12.0. The number of amides is 1. The van der Waals surface area contributed by atoms with E-state index in [-0.39, 0.29) is 5.91 Å². The summed E-state index contributed by atoms with van der Waals surface area (Å²) in [5.74, 6) is -0.118. The molecule has 1 aromatic heterocycles. The molecule has 0 aliphatic carbocycles. The molecule has 0 aliphatic heterocycles. The molecule has 0 atom stereocenters. The first-order valence-electron chi connectivity index (χ1n) is 5.14. The van der Waals surface area contributed by atoms with Crippen LogP contribution in [-0.4, -0.2) is 5.91 Å². The van der Waals surface area contributed by atoms with E-state index in [0.717, 1.165) is 13.1 Å². The number of thiophene rings is 1. The molecular formula is C12H10Br2N2OS. The van der Waals surface area contributed by atoms with Crippen molar-refractivity contribution >= 4 is 54.8 Å². The van der Waals surface area contributed by atoms with Gasteiger partial charge in [-0.3, -0.25) is 4.79 Å². The van der Waals surface area contributed by atoms with Gasteiger partial charge in [-0.25, -0.2) is 0 Å². The van der Waals surface area contributed by atoms with Crippen LogP contribution in [0.25, 0.3) is 0 Å². The summed E-state index contributed by atoms with van der Waals surface area (Å²) in [6, 6.07) is 9.27. The summed E-state index contributed by atoms with van der Waals surface area (Å²) in [6.45, 7) is 0.422. The monoisotopic (exact) mass is 388 g/mol. The smallest absolute Gasteiger partial charge is 0.253 e. The summed E-state index contributed by atoms with van der Waals surface area (Å²) in [5, 5.41) is 2.85. The second-order valence-corrected chi connectivity index (χ2v) is 7.37. The molecule has 6 heteroatoms. The molecule has 0 aliphatic rings. The molecule has 0 saturated carbocycles. The molecule has 94 valence electrons. The van der Waals surface area contributed by atoms with Crippen molar-refractivity contribution < 1.29 is 4.79 Å². The standard InChI is InChI=1S/C12H10Br2N2OS/c13-10-5-8(11(14)18-10)12(17)16-6-7-3-1-2-4-9(7)15/h1-5H,6,15H2,(H,16,17). The molecule has 18 heavy (non-hydrogen) atoms. The Morgan fingerprint density at radius 3 is 2.67 bits per heavy atom. The molecule has 2 rings (SSSR count). The second kappa shape index (κ2) is 5.86. The van der Waals surface area contributed by atoms with Crippen molar-refractivity contribution in [1.82, 2.24) is 5.32 Å². The van der Waals surface area contributed by atoms with Gasteiger partial charge in [0.25, 0.3) is 5.91 Å². The number of hydrogen-bond donors (Lipinski definition) is 2. The highest BCUT2D eigenvalue weighted by molar-refractivity contribution is 9.12. The van der Waals surface area contributed by atoms with E-state index in [4.69, 9.17) is 5.73 Å². The molecule has 3 nitrogen and oxygen atoms in total. The Balaban J connectivity index is 2.05. The highest BCUT2D eigenvalue weighted by Crippen LogP contribution is 2.31. The molecule has 3 N–H and O–H groups in total. The number of anilines is 1. The minimum Gasteiger partial charge on any atom is -0.398 e. The lowest BCUT2D eigenvalue weighted by molar-refractivity contribution is 0.0951. The third-order valence-corrected chi connectivity index (χ3v) is 4.74. The van der Waals surface area contributed by atoms with E-state index < -0.39 is 0 Å². The van der Waals surface area contributed by atoms with Gasteiger partial charge in [0.05, 0.1) is 13.1 Å². The van der Waals surface area contributed by atoms with Crippen LogP contribution in [-0.2, 0) is 6.54 Å². The minimum atomic E-state index is -0.118. The number of nitrogens with two attached hydrogens (primary N) is 1. The van der Waals surface area contributed by atoms with Gasteiger partial charge in [0.2, 0.25) is 0 Å². The maximum absolute atomic E-state index is 12.0. The molecule has 0 fully saturated rings. The average molecular weight is 390 g/mol. The van der Waals surface area contributed by atoms with Gasteiger partial charge in [-0.15, -0.1) is 11.3 Å². The lowest BCUT2D eigenvalue weighted by atomic mass is 10.2. The predicted octanol–water partition coefficient (Wildman–Crippen LogP) is 3.79. The largest absolute Gasteiger partial charge is 0.398 e. The third kappa shape index (κ3) is 3.13. The molecule has 0 unspecified atom stereocenters. The second-order valence-electron chi connectivity index (χ2n) is 3.62. The van der Waals surface area contributed by atoms with Crippen LogP contribution in [0, 0.1) is 0 Å². The van der Waals surface area contributed by atoms with E-state index in [9.17, 15) is 4.79 Å². The number of nitrogen functional groups attached to an aromatic ring is 1. The first kappa shape index (κ1) is 13.6. The fourth-order valence-corrected chi connectivity index (χ4v) is 4.25. The molecule has 0 bridgehead atoms. The van der Waals surface area contributed by atoms with Crippen molar-refractivity contribution in [1.29, 1.82) is 0 Å². The Morgan fingerprint density at radius 2 is 2.06 bits per heavy atom. The SMILES string of the molecule is Nc1ccccc1CNC(=O)c1cc(Br)sc1Br. The minimum absolute atomic E-state index is 0.118. The quantitative estimate of drug-likeness (QED) is 0.784. The van der Waals surface area contributed by atoms with Crippen LogP contribution in [0.1, 0.15) is 15.9 Å². The first-order chi connectivity index (χ1) is 8.58. The summed E-state index contributed by atoms with van der Waals surface area (Å²) in [6.07, 6.45) is 0. The van der Waals surface area contributed by atoms with Crippen molar-refractivity contribution in [2.45, 2.75) is 6.54 Å². The number of rotatable bonds is 3. The Labute approximate surface area is 126 Å². The van der Waals surface area contributed by atoms with Crippen LogP contribution in [0.3, 0.4) is 0 Å². The highest BCUT2D eigenvalue weighted by Gasteiger charge is 2.13. The van der Waals surface area contributed by atoms with E-state index in [1.165, 1.54) is 11.3 Å². The van der Waals surface area contributed by atoms with Gasteiger partial charge in [0.1, 0.15) is 0 Å². The molecule has 1 heterocycles. The van der Waals surface area contributed by atoms with Crippen molar-refractivity contribution in [3.05, 3.63) is 49.0 Å². The normalized spacial score (nSPS) is 10.3. The number of para-hydroxylation sites is 1. The van der Waals surface area contributed by atoms with E-state index in [0.29, 0.717) is 17.8 Å². The molecule has 2 aromatic rings. The van der Waals surface area contributed by atoms with E-state index in [1.54, 1.807) is 6.07 Å². The Bertz CT molecular complexity index is 583. The lowest BCUT2D eigenvalue weighted by Crippen LogP contribution is -2.23. The zero-order valence-corrected chi connectivity index (χ0v) is 13.2. The van der Waals surface area contributed by atoms with Crippen molar-refractivity contribution in [2.24, 2.45) is 0 Å². The van der Waals surface area contributed by atoms with E-state index >= 15 is 0 Å². The van der Waals surface area contributed by atoms with Gasteiger partial charge in [0.15, 0.2) is 0 Å². The fraction of sp³-hybridized carbons (Fsp3) is 0.0833. The molecule has 0 spiro atoms. The van der Waals surface area contributed by atoms with Gasteiger partial charge in [-0.05, 0) is 49.6 Å². The lowest BCUT2D eigenvalue weighted by Gasteiger charge is -2.07. The van der Waals surface area contributed by atoms with Crippen molar-refractivity contribution in [3.63, 3.8) is 0 Å². The summed E-state index contributed by atoms with van der Waals surface area (Å²) < 4.78 is 1.73. The Kier molecular flexibility index (Phi) is 4.42. The predicted molar refractivity (Wildman–Crippen MR) is 81.7 cm³/mol. The maximum Gasteiger partial charge on any atom is 0.253 e. The summed E-state index contributed by atoms with van der Waals surface area (Å²) in [5.41, 5.74) is 8.04. The molecule has 0 radical (unpaired) electrons. The van der Waals surface area contributed by atoms with Gasteiger partial charge in [-0.1, -0.05) is 18.2 Å². The van der Waals surface area contributed by atoms with Crippen LogP contribution >= 0.6 is 43.2 Å². The van der Waals surface area contributed by atoms with Crippen LogP contribution in [0.4, 0.5) is 5.69 Å². The number of halogens is 2. The van der Waals surface area contributed by atoms with Crippen LogP contribution < -0.4 is 11.1 Å². The van der Waals surface area contributed by atoms with Gasteiger partial charge in [0, 0.05) is 12.2 Å². The average Bonchev–Trinajstić information content (AvgIpc) is 2.67. The van der Waals surface area contributed by atoms with Crippen LogP contribution in [0.5, 0.6) is 0 Å². The van der Waals surface area contributed by atoms with Gasteiger partial charge in [-0.2, -0.15) is 0 Å². The van der Waals surface area contributed by atoms with E-state index in [1.807, 2.05) is 24.3 Å². The van der Waals surface area contributed by atoms with Gasteiger partial charge >= 0.3 is 0 Å². The Hall–Kier alpha value is -0.850. The first-order valence-corrected chi connectivity index (χ1v) is 7.54. The Morgan fingerprint density at radius 1 is 1.33 bits per heavy atom. The number of hydrogen-bond acceptors (Lipinski definition) is 3. The summed E-state index contributed by atoms with van der Waals surface area (Å²) in [7, 11) is 0. The number of benzene rings is 1. The maximum atomic E-state index is 12.0. The summed E-state index contributed by atoms with van der Waals surface area (Å²) >= 11 is 8.18. The third-order valence-electron chi connectivity index (χ3n) is 2.40. The molecule has 1 aromatic carbocycles.